The second-order valence-corrected chi connectivity index (χ2v) is 5.45. The molecule has 0 aliphatic carbocycles. The zero-order chi connectivity index (χ0) is 14.0. The lowest BCUT2D eigenvalue weighted by Crippen LogP contribution is -2.25. The van der Waals surface area contributed by atoms with Crippen LogP contribution in [0.3, 0.4) is 0 Å². The molecule has 0 aromatic heterocycles. The first-order valence-electron chi connectivity index (χ1n) is 6.15. The summed E-state index contributed by atoms with van der Waals surface area (Å²) in [6.07, 6.45) is -1.49. The minimum absolute atomic E-state index is 0.113. The summed E-state index contributed by atoms with van der Waals surface area (Å²) in [6.45, 7) is 5.88. The van der Waals surface area contributed by atoms with Crippen LogP contribution in [0.1, 0.15) is 32.4 Å². The van der Waals surface area contributed by atoms with Crippen LogP contribution < -0.4 is 4.74 Å². The number of aliphatic hydroxyl groups excluding tert-OH is 1. The molecule has 1 saturated heterocycles. The Hall–Kier alpha value is -1.59. The van der Waals surface area contributed by atoms with Crippen molar-refractivity contribution in [3.05, 3.63) is 29.8 Å². The number of ether oxygens (including phenoxy) is 3. The summed E-state index contributed by atoms with van der Waals surface area (Å²) in [7, 11) is 0. The molecule has 0 spiro atoms. The zero-order valence-corrected chi connectivity index (χ0v) is 11.3. The lowest BCUT2D eigenvalue weighted by Gasteiger charge is -2.18. The molecule has 1 aliphatic rings. The molecule has 0 unspecified atom stereocenters. The van der Waals surface area contributed by atoms with E-state index in [0.717, 1.165) is 5.56 Å². The Morgan fingerprint density at radius 3 is 2.42 bits per heavy atom. The van der Waals surface area contributed by atoms with Crippen LogP contribution in [-0.4, -0.2) is 29.6 Å². The molecule has 0 amide bonds. The van der Waals surface area contributed by atoms with Gasteiger partial charge in [0, 0.05) is 0 Å². The number of benzene rings is 1. The van der Waals surface area contributed by atoms with E-state index in [1.54, 1.807) is 45.0 Å². The third-order valence-corrected chi connectivity index (χ3v) is 2.52. The van der Waals surface area contributed by atoms with Gasteiger partial charge in [0.2, 0.25) is 0 Å². The van der Waals surface area contributed by atoms with Crippen molar-refractivity contribution in [2.24, 2.45) is 0 Å². The lowest BCUT2D eigenvalue weighted by atomic mass is 10.1. The van der Waals surface area contributed by atoms with Crippen molar-refractivity contribution < 1.29 is 24.1 Å². The minimum Gasteiger partial charge on any atom is -0.428 e. The number of carbonyl (C=O) groups excluding carboxylic acids is 1. The molecular weight excluding hydrogens is 248 g/mol. The quantitative estimate of drug-likeness (QED) is 0.517. The molecule has 2 rings (SSSR count). The molecule has 1 aromatic carbocycles. The van der Waals surface area contributed by atoms with E-state index in [0.29, 0.717) is 12.4 Å². The molecule has 1 aromatic rings. The molecule has 5 heteroatoms. The van der Waals surface area contributed by atoms with Gasteiger partial charge in [-0.2, -0.15) is 0 Å². The van der Waals surface area contributed by atoms with Crippen molar-refractivity contribution >= 4 is 6.16 Å². The first-order valence-corrected chi connectivity index (χ1v) is 6.15. The number of aliphatic hydroxyl groups is 1. The van der Waals surface area contributed by atoms with Gasteiger partial charge in [0.25, 0.3) is 0 Å². The summed E-state index contributed by atoms with van der Waals surface area (Å²) in [5.74, 6) is 0.377. The standard InChI is InChI=1S/C14H18O5/c1-14(2,3)19-13(16)18-10-6-4-9(5-7-10)12(15)11-8-17-11/h4-7,11-12,15H,8H2,1-3H3/t11-,12-/m1/s1. The van der Waals surface area contributed by atoms with Crippen LogP contribution in [0.5, 0.6) is 5.75 Å². The first-order chi connectivity index (χ1) is 8.85. The molecule has 1 fully saturated rings. The Balaban J connectivity index is 1.93. The van der Waals surface area contributed by atoms with E-state index in [9.17, 15) is 9.90 Å². The second kappa shape index (κ2) is 5.19. The summed E-state index contributed by atoms with van der Waals surface area (Å²) < 4.78 is 15.1. The van der Waals surface area contributed by atoms with Crippen LogP contribution in [0, 0.1) is 0 Å². The molecule has 5 nitrogen and oxygen atoms in total. The molecule has 1 heterocycles. The molecule has 0 saturated carbocycles. The summed E-state index contributed by atoms with van der Waals surface area (Å²) in [5, 5.41) is 9.83. The van der Waals surface area contributed by atoms with Crippen LogP contribution in [-0.2, 0) is 9.47 Å². The largest absolute Gasteiger partial charge is 0.514 e. The average Bonchev–Trinajstić information content (AvgIpc) is 3.10. The normalized spacial score (nSPS) is 19.7. The maximum atomic E-state index is 11.5. The summed E-state index contributed by atoms with van der Waals surface area (Å²) in [5.41, 5.74) is 0.148. The highest BCUT2D eigenvalue weighted by Crippen LogP contribution is 2.28. The van der Waals surface area contributed by atoms with Crippen molar-refractivity contribution in [2.75, 3.05) is 6.61 Å². The Kier molecular flexibility index (Phi) is 3.78. The fraction of sp³-hybridized carbons (Fsp3) is 0.500. The van der Waals surface area contributed by atoms with Gasteiger partial charge < -0.3 is 19.3 Å². The number of carbonyl (C=O) groups is 1. The summed E-state index contributed by atoms with van der Waals surface area (Å²) in [6, 6.07) is 6.63. The molecule has 19 heavy (non-hydrogen) atoms. The maximum absolute atomic E-state index is 11.5. The highest BCUT2D eigenvalue weighted by molar-refractivity contribution is 5.64. The van der Waals surface area contributed by atoms with Crippen molar-refractivity contribution in [3.8, 4) is 5.75 Å². The van der Waals surface area contributed by atoms with E-state index in [1.165, 1.54) is 0 Å². The van der Waals surface area contributed by atoms with Gasteiger partial charge >= 0.3 is 6.16 Å². The van der Waals surface area contributed by atoms with Gasteiger partial charge in [0.05, 0.1) is 6.61 Å². The number of rotatable bonds is 3. The van der Waals surface area contributed by atoms with Crippen molar-refractivity contribution in [2.45, 2.75) is 38.6 Å². The van der Waals surface area contributed by atoms with Gasteiger partial charge in [-0.05, 0) is 38.5 Å². The fourth-order valence-electron chi connectivity index (χ4n) is 1.55. The van der Waals surface area contributed by atoms with Gasteiger partial charge in [0.15, 0.2) is 0 Å². The van der Waals surface area contributed by atoms with Gasteiger partial charge in [-0.3, -0.25) is 0 Å². The van der Waals surface area contributed by atoms with Crippen LogP contribution in [0.2, 0.25) is 0 Å². The predicted molar refractivity (Wildman–Crippen MR) is 68.0 cm³/mol. The Bertz CT molecular complexity index is 442. The lowest BCUT2D eigenvalue weighted by molar-refractivity contribution is 0.0206. The third kappa shape index (κ3) is 4.22. The van der Waals surface area contributed by atoms with E-state index in [2.05, 4.69) is 0 Å². The summed E-state index contributed by atoms with van der Waals surface area (Å²) >= 11 is 0. The number of epoxide rings is 1. The van der Waals surface area contributed by atoms with E-state index < -0.39 is 17.9 Å². The van der Waals surface area contributed by atoms with Crippen molar-refractivity contribution in [1.82, 2.24) is 0 Å². The molecule has 0 bridgehead atoms. The Labute approximate surface area is 112 Å². The topological polar surface area (TPSA) is 68.3 Å². The van der Waals surface area contributed by atoms with E-state index in [1.807, 2.05) is 0 Å². The minimum atomic E-state index is -0.744. The van der Waals surface area contributed by atoms with Gasteiger partial charge in [-0.1, -0.05) is 12.1 Å². The molecule has 1 aliphatic heterocycles. The van der Waals surface area contributed by atoms with Crippen LogP contribution in [0.15, 0.2) is 24.3 Å². The average molecular weight is 266 g/mol. The SMILES string of the molecule is CC(C)(C)OC(=O)Oc1ccc([C@@H](O)[C@H]2CO2)cc1. The molecule has 0 radical (unpaired) electrons. The second-order valence-electron chi connectivity index (χ2n) is 5.45. The highest BCUT2D eigenvalue weighted by Gasteiger charge is 2.32. The molecule has 1 N–H and O–H groups in total. The number of hydrogen-bond acceptors (Lipinski definition) is 5. The monoisotopic (exact) mass is 266 g/mol. The Morgan fingerprint density at radius 1 is 1.37 bits per heavy atom. The van der Waals surface area contributed by atoms with E-state index >= 15 is 0 Å². The number of hydrogen-bond donors (Lipinski definition) is 1. The predicted octanol–water partition coefficient (Wildman–Crippen LogP) is 2.43. The fourth-order valence-corrected chi connectivity index (χ4v) is 1.55. The highest BCUT2D eigenvalue weighted by atomic mass is 16.7. The molecule has 2 atom stereocenters. The van der Waals surface area contributed by atoms with Crippen LogP contribution >= 0.6 is 0 Å². The van der Waals surface area contributed by atoms with Gasteiger partial charge in [-0.15, -0.1) is 0 Å². The van der Waals surface area contributed by atoms with E-state index in [4.69, 9.17) is 14.2 Å². The maximum Gasteiger partial charge on any atom is 0.514 e. The van der Waals surface area contributed by atoms with Gasteiger partial charge in [0.1, 0.15) is 23.6 Å². The van der Waals surface area contributed by atoms with Crippen LogP contribution in [0.25, 0.3) is 0 Å². The smallest absolute Gasteiger partial charge is 0.428 e. The molecular formula is C14H18O5. The third-order valence-electron chi connectivity index (χ3n) is 2.52. The Morgan fingerprint density at radius 2 is 1.95 bits per heavy atom. The van der Waals surface area contributed by atoms with Crippen molar-refractivity contribution in [1.29, 1.82) is 0 Å². The first kappa shape index (κ1) is 13.8. The van der Waals surface area contributed by atoms with Gasteiger partial charge in [-0.25, -0.2) is 4.79 Å². The van der Waals surface area contributed by atoms with Crippen LogP contribution in [0.4, 0.5) is 4.79 Å². The van der Waals surface area contributed by atoms with Crippen molar-refractivity contribution in [3.63, 3.8) is 0 Å². The van der Waals surface area contributed by atoms with E-state index in [-0.39, 0.29) is 6.10 Å². The molecule has 104 valence electrons. The zero-order valence-electron chi connectivity index (χ0n) is 11.3. The summed E-state index contributed by atoms with van der Waals surface area (Å²) in [4.78, 5) is 11.5.